The first kappa shape index (κ1) is 21.9. The van der Waals surface area contributed by atoms with Crippen LogP contribution in [-0.4, -0.2) is 74.9 Å². The van der Waals surface area contributed by atoms with Gasteiger partial charge in [0.25, 0.3) is 5.91 Å². The highest BCUT2D eigenvalue weighted by atomic mass is 32.1. The number of benzene rings is 1. The summed E-state index contributed by atoms with van der Waals surface area (Å²) >= 11 is 1.36. The van der Waals surface area contributed by atoms with E-state index >= 15 is 0 Å². The summed E-state index contributed by atoms with van der Waals surface area (Å²) < 4.78 is 15.4. The topological polar surface area (TPSA) is 74.6 Å². The van der Waals surface area contributed by atoms with Gasteiger partial charge in [-0.2, -0.15) is 4.39 Å². The van der Waals surface area contributed by atoms with Gasteiger partial charge < -0.3 is 14.4 Å². The number of carbonyl (C=O) groups is 2. The van der Waals surface area contributed by atoms with Gasteiger partial charge in [-0.15, -0.1) is 11.3 Å². The Labute approximate surface area is 205 Å². The molecule has 35 heavy (non-hydrogen) atoms. The van der Waals surface area contributed by atoms with Crippen LogP contribution in [0.4, 0.5) is 10.1 Å². The number of amides is 2. The van der Waals surface area contributed by atoms with E-state index in [0.29, 0.717) is 36.9 Å². The van der Waals surface area contributed by atoms with Crippen molar-refractivity contribution in [3.63, 3.8) is 0 Å². The molecule has 0 unspecified atom stereocenters. The normalized spacial score (nSPS) is 19.1. The molecule has 4 aromatic rings. The van der Waals surface area contributed by atoms with Gasteiger partial charge in [0.1, 0.15) is 5.82 Å². The number of rotatable bonds is 4. The summed E-state index contributed by atoms with van der Waals surface area (Å²) in [5.74, 6) is 0.0694. The summed E-state index contributed by atoms with van der Waals surface area (Å²) in [5.41, 5.74) is 1.75. The van der Waals surface area contributed by atoms with Crippen molar-refractivity contribution in [3.05, 3.63) is 71.2 Å². The number of anilines is 1. The van der Waals surface area contributed by atoms with Gasteiger partial charge in [0, 0.05) is 74.0 Å². The number of pyridine rings is 1. The molecule has 0 aliphatic carbocycles. The van der Waals surface area contributed by atoms with Crippen molar-refractivity contribution in [1.82, 2.24) is 24.3 Å². The molecule has 1 atom stereocenters. The molecule has 2 fully saturated rings. The van der Waals surface area contributed by atoms with E-state index in [1.165, 1.54) is 17.4 Å². The van der Waals surface area contributed by atoms with Crippen LogP contribution in [0.2, 0.25) is 0 Å². The van der Waals surface area contributed by atoms with Gasteiger partial charge in [-0.1, -0.05) is 6.07 Å². The number of hydrogen-bond donors (Lipinski definition) is 0. The Kier molecular flexibility index (Phi) is 5.54. The molecule has 2 aliphatic heterocycles. The second-order valence-corrected chi connectivity index (χ2v) is 9.67. The predicted molar refractivity (Wildman–Crippen MR) is 131 cm³/mol. The third-order valence-electron chi connectivity index (χ3n) is 6.77. The average molecular weight is 491 g/mol. The third kappa shape index (κ3) is 4.08. The van der Waals surface area contributed by atoms with Gasteiger partial charge in [0.15, 0.2) is 5.01 Å². The van der Waals surface area contributed by atoms with Crippen LogP contribution in [0.25, 0.3) is 16.7 Å². The molecule has 0 spiro atoms. The molecule has 2 aliphatic rings. The fourth-order valence-corrected chi connectivity index (χ4v) is 5.57. The zero-order chi connectivity index (χ0) is 23.9. The largest absolute Gasteiger partial charge is 0.334 e. The van der Waals surface area contributed by atoms with E-state index in [1.54, 1.807) is 18.3 Å². The number of fused-ring (bicyclic) bond motifs is 1. The lowest BCUT2D eigenvalue weighted by atomic mass is 10.2. The number of hydrogen-bond acceptors (Lipinski definition) is 6. The number of halogens is 1. The molecule has 6 rings (SSSR count). The molecule has 0 N–H and O–H groups in total. The average Bonchev–Trinajstić information content (AvgIpc) is 3.63. The molecule has 1 aromatic carbocycles. The number of thiazole rings is 1. The van der Waals surface area contributed by atoms with Crippen LogP contribution < -0.4 is 4.90 Å². The Morgan fingerprint density at radius 1 is 1.09 bits per heavy atom. The van der Waals surface area contributed by atoms with Crippen LogP contribution in [0.3, 0.4) is 0 Å². The zero-order valence-corrected chi connectivity index (χ0v) is 19.7. The lowest BCUT2D eigenvalue weighted by Gasteiger charge is -2.37. The SMILES string of the molecule is O=C(c1nccs1)N1CCN([C@@H]2CC(=O)N(c3ccc4c(ccn4-c4cccc(F)n4)c3)C2)CC1. The highest BCUT2D eigenvalue weighted by molar-refractivity contribution is 7.11. The summed E-state index contributed by atoms with van der Waals surface area (Å²) in [7, 11) is 0. The lowest BCUT2D eigenvalue weighted by molar-refractivity contribution is -0.117. The summed E-state index contributed by atoms with van der Waals surface area (Å²) in [6.45, 7) is 3.38. The fraction of sp³-hybridized carbons (Fsp3) is 0.280. The summed E-state index contributed by atoms with van der Waals surface area (Å²) in [6.07, 6.45) is 3.97. The van der Waals surface area contributed by atoms with Crippen molar-refractivity contribution < 1.29 is 14.0 Å². The minimum atomic E-state index is -0.525. The van der Waals surface area contributed by atoms with Crippen LogP contribution >= 0.6 is 11.3 Å². The van der Waals surface area contributed by atoms with E-state index < -0.39 is 5.95 Å². The fourth-order valence-electron chi connectivity index (χ4n) is 4.97. The second-order valence-electron chi connectivity index (χ2n) is 8.78. The molecule has 2 saturated heterocycles. The van der Waals surface area contributed by atoms with Crippen molar-refractivity contribution in [1.29, 1.82) is 0 Å². The van der Waals surface area contributed by atoms with Crippen molar-refractivity contribution >= 4 is 39.7 Å². The maximum absolute atomic E-state index is 13.6. The summed E-state index contributed by atoms with van der Waals surface area (Å²) in [6, 6.07) is 12.7. The molecule has 0 saturated carbocycles. The van der Waals surface area contributed by atoms with Gasteiger partial charge in [-0.3, -0.25) is 14.5 Å². The molecule has 2 amide bonds. The van der Waals surface area contributed by atoms with E-state index in [0.717, 1.165) is 29.7 Å². The molecule has 0 bridgehead atoms. The van der Waals surface area contributed by atoms with Crippen LogP contribution in [-0.2, 0) is 4.79 Å². The lowest BCUT2D eigenvalue weighted by Crippen LogP contribution is -2.52. The van der Waals surface area contributed by atoms with Crippen LogP contribution in [0.15, 0.2) is 60.2 Å². The molecule has 3 aromatic heterocycles. The first-order valence-electron chi connectivity index (χ1n) is 11.5. The van der Waals surface area contributed by atoms with E-state index in [2.05, 4.69) is 14.9 Å². The molecular weight excluding hydrogens is 467 g/mol. The predicted octanol–water partition coefficient (Wildman–Crippen LogP) is 3.18. The molecule has 8 nitrogen and oxygen atoms in total. The van der Waals surface area contributed by atoms with Crippen molar-refractivity contribution in [3.8, 4) is 5.82 Å². The minimum absolute atomic E-state index is 0.0162. The number of piperazine rings is 1. The monoisotopic (exact) mass is 490 g/mol. The quantitative estimate of drug-likeness (QED) is 0.411. The molecule has 0 radical (unpaired) electrons. The van der Waals surface area contributed by atoms with Gasteiger partial charge >= 0.3 is 0 Å². The maximum atomic E-state index is 13.6. The van der Waals surface area contributed by atoms with Crippen molar-refractivity contribution in [2.75, 3.05) is 37.6 Å². The number of aromatic nitrogens is 3. The van der Waals surface area contributed by atoms with E-state index in [4.69, 9.17) is 0 Å². The Morgan fingerprint density at radius 3 is 2.71 bits per heavy atom. The highest BCUT2D eigenvalue weighted by Crippen LogP contribution is 2.29. The summed E-state index contributed by atoms with van der Waals surface area (Å²) in [5, 5.41) is 3.30. The highest BCUT2D eigenvalue weighted by Gasteiger charge is 2.36. The maximum Gasteiger partial charge on any atom is 0.282 e. The summed E-state index contributed by atoms with van der Waals surface area (Å²) in [4.78, 5) is 39.6. The zero-order valence-electron chi connectivity index (χ0n) is 18.9. The first-order chi connectivity index (χ1) is 17.1. The molecule has 5 heterocycles. The first-order valence-corrected chi connectivity index (χ1v) is 12.4. The number of carbonyl (C=O) groups excluding carboxylic acids is 2. The molecular formula is C25H23FN6O2S. The Bertz CT molecular complexity index is 1400. The Hall–Kier alpha value is -3.63. The van der Waals surface area contributed by atoms with E-state index in [1.807, 2.05) is 50.2 Å². The Balaban J connectivity index is 1.14. The van der Waals surface area contributed by atoms with E-state index in [9.17, 15) is 14.0 Å². The Morgan fingerprint density at radius 2 is 1.94 bits per heavy atom. The standard InChI is InChI=1S/C25H23FN6O2S/c26-21-2-1-3-22(28-21)31-8-6-17-14-18(4-5-20(17)31)32-16-19(15-23(32)33)29-9-11-30(12-10-29)25(34)24-27-7-13-35-24/h1-8,13-14,19H,9-12,15-16H2/t19-/m1/s1. The van der Waals surface area contributed by atoms with Gasteiger partial charge in [0.05, 0.1) is 5.52 Å². The minimum Gasteiger partial charge on any atom is -0.334 e. The smallest absolute Gasteiger partial charge is 0.282 e. The second kappa shape index (κ2) is 8.86. The third-order valence-corrected chi connectivity index (χ3v) is 7.53. The van der Waals surface area contributed by atoms with Crippen LogP contribution in [0.5, 0.6) is 0 Å². The molecule has 10 heteroatoms. The van der Waals surface area contributed by atoms with Crippen LogP contribution in [0.1, 0.15) is 16.2 Å². The van der Waals surface area contributed by atoms with Crippen molar-refractivity contribution in [2.45, 2.75) is 12.5 Å². The van der Waals surface area contributed by atoms with Crippen LogP contribution in [0, 0.1) is 5.95 Å². The number of nitrogens with zero attached hydrogens (tertiary/aromatic N) is 6. The molecule has 178 valence electrons. The van der Waals surface area contributed by atoms with Gasteiger partial charge in [-0.05, 0) is 36.4 Å². The van der Waals surface area contributed by atoms with Gasteiger partial charge in [0.2, 0.25) is 11.9 Å². The van der Waals surface area contributed by atoms with Gasteiger partial charge in [-0.25, -0.2) is 9.97 Å². The van der Waals surface area contributed by atoms with Crippen molar-refractivity contribution in [2.24, 2.45) is 0 Å². The van der Waals surface area contributed by atoms with E-state index in [-0.39, 0.29) is 17.9 Å².